The van der Waals surface area contributed by atoms with E-state index in [0.29, 0.717) is 0 Å². The van der Waals surface area contributed by atoms with Crippen LogP contribution in [0.5, 0.6) is 0 Å². The van der Waals surface area contributed by atoms with Gasteiger partial charge in [-0.05, 0) is 26.8 Å². The summed E-state index contributed by atoms with van der Waals surface area (Å²) in [5.41, 5.74) is -1.03. The van der Waals surface area contributed by atoms with E-state index in [2.05, 4.69) is 9.38 Å². The fourth-order valence-corrected chi connectivity index (χ4v) is 1.54. The van der Waals surface area contributed by atoms with Crippen LogP contribution in [0, 0.1) is 0 Å². The van der Waals surface area contributed by atoms with Crippen LogP contribution >= 0.6 is 0 Å². The number of alkyl halides is 3. The van der Waals surface area contributed by atoms with Gasteiger partial charge in [0, 0.05) is 18.0 Å². The van der Waals surface area contributed by atoms with Gasteiger partial charge in [-0.25, -0.2) is 0 Å². The summed E-state index contributed by atoms with van der Waals surface area (Å²) in [6.45, 7) is 5.08. The monoisotopic (exact) mass is 278 g/mol. The highest BCUT2D eigenvalue weighted by Gasteiger charge is 2.33. The van der Waals surface area contributed by atoms with Crippen LogP contribution in [0.4, 0.5) is 13.2 Å². The molecule has 0 radical (unpaired) electrons. The quantitative estimate of drug-likeness (QED) is 0.617. The lowest BCUT2D eigenvalue weighted by molar-refractivity contribution is -0.137. The Morgan fingerprint density at radius 2 is 1.94 bits per heavy atom. The minimum atomic E-state index is -4.50. The van der Waals surface area contributed by atoms with E-state index in [9.17, 15) is 17.7 Å². The third kappa shape index (κ3) is 3.99. The highest BCUT2D eigenvalue weighted by atomic mass is 32.2. The standard InChI is InChI=1S/C11H13F3N2OS/c1-10(2,3)18(17)16-6-8-4-5-15-7-9(8)11(12,13)14/h4-7H,1-3H3/b16-6-. The predicted molar refractivity (Wildman–Crippen MR) is 64.7 cm³/mol. The van der Waals surface area contributed by atoms with E-state index < -0.39 is 27.8 Å². The highest BCUT2D eigenvalue weighted by molar-refractivity contribution is 7.91. The Hall–Kier alpha value is -1.08. The Bertz CT molecular complexity index is 441. The molecule has 0 amide bonds. The molecule has 0 fully saturated rings. The van der Waals surface area contributed by atoms with Crippen LogP contribution in [0.3, 0.4) is 0 Å². The maximum absolute atomic E-state index is 12.6. The van der Waals surface area contributed by atoms with Crippen molar-refractivity contribution in [3.8, 4) is 0 Å². The molecule has 0 aliphatic rings. The molecule has 0 saturated heterocycles. The van der Waals surface area contributed by atoms with E-state index in [1.807, 2.05) is 0 Å². The van der Waals surface area contributed by atoms with Gasteiger partial charge in [0.2, 0.25) is 0 Å². The number of hydrogen-bond acceptors (Lipinski definition) is 3. The first kappa shape index (κ1) is 15.0. The molecule has 3 nitrogen and oxygen atoms in total. The topological polar surface area (TPSA) is 48.3 Å². The van der Waals surface area contributed by atoms with Crippen molar-refractivity contribution in [3.05, 3.63) is 29.6 Å². The molecule has 1 aromatic rings. The van der Waals surface area contributed by atoms with Gasteiger partial charge in [-0.2, -0.15) is 13.2 Å². The highest BCUT2D eigenvalue weighted by Crippen LogP contribution is 2.30. The van der Waals surface area contributed by atoms with Crippen LogP contribution in [0.15, 0.2) is 22.9 Å². The molecule has 0 saturated carbocycles. The van der Waals surface area contributed by atoms with E-state index in [4.69, 9.17) is 0 Å². The molecule has 0 bridgehead atoms. The number of nitrogens with zero attached hydrogens (tertiary/aromatic N) is 2. The lowest BCUT2D eigenvalue weighted by Gasteiger charge is -2.18. The fraction of sp³-hybridized carbons (Fsp3) is 0.455. The molecule has 0 spiro atoms. The van der Waals surface area contributed by atoms with E-state index >= 15 is 0 Å². The summed E-state index contributed by atoms with van der Waals surface area (Å²) >= 11 is -1.59. The van der Waals surface area contributed by atoms with Crippen LogP contribution in [-0.2, 0) is 17.5 Å². The van der Waals surface area contributed by atoms with Crippen molar-refractivity contribution >= 4 is 17.6 Å². The fourth-order valence-electron chi connectivity index (χ4n) is 1.02. The number of halogens is 3. The molecule has 1 atom stereocenters. The van der Waals surface area contributed by atoms with Gasteiger partial charge < -0.3 is 4.55 Å². The van der Waals surface area contributed by atoms with Crippen LogP contribution in [0.2, 0.25) is 0 Å². The van der Waals surface area contributed by atoms with E-state index in [0.717, 1.165) is 12.4 Å². The lowest BCUT2D eigenvalue weighted by atomic mass is 10.1. The Morgan fingerprint density at radius 3 is 2.44 bits per heavy atom. The van der Waals surface area contributed by atoms with Gasteiger partial charge in [-0.3, -0.25) is 4.98 Å². The maximum Gasteiger partial charge on any atom is 0.418 e. The van der Waals surface area contributed by atoms with Crippen molar-refractivity contribution in [3.63, 3.8) is 0 Å². The molecule has 0 aromatic carbocycles. The van der Waals surface area contributed by atoms with Crippen LogP contribution < -0.4 is 0 Å². The molecule has 0 aliphatic heterocycles. The van der Waals surface area contributed by atoms with Gasteiger partial charge in [0.25, 0.3) is 0 Å². The van der Waals surface area contributed by atoms with Crippen molar-refractivity contribution in [2.24, 2.45) is 4.40 Å². The molecule has 1 aromatic heterocycles. The summed E-state index contributed by atoms with van der Waals surface area (Å²) < 4.78 is 52.6. The van der Waals surface area contributed by atoms with Gasteiger partial charge in [-0.15, -0.1) is 0 Å². The predicted octanol–water partition coefficient (Wildman–Crippen LogP) is 2.98. The molecule has 1 unspecified atom stereocenters. The third-order valence-corrected chi connectivity index (χ3v) is 3.32. The van der Waals surface area contributed by atoms with Crippen molar-refractivity contribution < 1.29 is 17.7 Å². The Labute approximate surface area is 106 Å². The summed E-state index contributed by atoms with van der Waals surface area (Å²) in [5.74, 6) is 0. The van der Waals surface area contributed by atoms with Gasteiger partial charge in [0.05, 0.1) is 11.8 Å². The zero-order valence-electron chi connectivity index (χ0n) is 10.2. The molecule has 0 aliphatic carbocycles. The summed E-state index contributed by atoms with van der Waals surface area (Å²) in [6, 6.07) is 1.19. The van der Waals surface area contributed by atoms with Gasteiger partial charge >= 0.3 is 6.18 Å². The number of aromatic nitrogens is 1. The van der Waals surface area contributed by atoms with E-state index in [-0.39, 0.29) is 5.56 Å². The lowest BCUT2D eigenvalue weighted by Crippen LogP contribution is -2.26. The van der Waals surface area contributed by atoms with Crippen molar-refractivity contribution in [2.75, 3.05) is 0 Å². The number of pyridine rings is 1. The molecule has 7 heteroatoms. The normalized spacial score (nSPS) is 15.1. The summed E-state index contributed by atoms with van der Waals surface area (Å²) in [5, 5.41) is 0. The zero-order valence-corrected chi connectivity index (χ0v) is 11.0. The molecule has 18 heavy (non-hydrogen) atoms. The second kappa shape index (κ2) is 5.27. The van der Waals surface area contributed by atoms with Crippen molar-refractivity contribution in [1.82, 2.24) is 4.98 Å². The first-order valence-electron chi connectivity index (χ1n) is 5.09. The Morgan fingerprint density at radius 1 is 1.33 bits per heavy atom. The van der Waals surface area contributed by atoms with Crippen molar-refractivity contribution in [1.29, 1.82) is 0 Å². The van der Waals surface area contributed by atoms with Gasteiger partial charge in [0.15, 0.2) is 0 Å². The summed E-state index contributed by atoms with van der Waals surface area (Å²) in [4.78, 5) is 3.43. The number of hydrogen-bond donors (Lipinski definition) is 0. The van der Waals surface area contributed by atoms with Crippen LogP contribution in [-0.4, -0.2) is 20.5 Å². The van der Waals surface area contributed by atoms with E-state index in [1.165, 1.54) is 12.3 Å². The second-order valence-electron chi connectivity index (χ2n) is 4.56. The molecule has 1 rings (SSSR count). The van der Waals surface area contributed by atoms with Crippen LogP contribution in [0.25, 0.3) is 0 Å². The molecule has 0 N–H and O–H groups in total. The third-order valence-electron chi connectivity index (χ3n) is 1.97. The first-order chi connectivity index (χ1) is 8.12. The van der Waals surface area contributed by atoms with Gasteiger partial charge in [-0.1, -0.05) is 4.40 Å². The largest absolute Gasteiger partial charge is 0.591 e. The Kier molecular flexibility index (Phi) is 4.39. The summed E-state index contributed by atoms with van der Waals surface area (Å²) in [7, 11) is 0. The molecule has 100 valence electrons. The van der Waals surface area contributed by atoms with Crippen molar-refractivity contribution in [2.45, 2.75) is 31.7 Å². The SMILES string of the molecule is CC(C)(C)[S+]([O-])/N=C\c1ccncc1C(F)(F)F. The minimum absolute atomic E-state index is 0.143. The Balaban J connectivity index is 3.02. The number of rotatable bonds is 2. The average molecular weight is 278 g/mol. The molecular formula is C11H13F3N2OS. The second-order valence-corrected chi connectivity index (χ2v) is 6.49. The molecule has 1 heterocycles. The zero-order chi connectivity index (χ0) is 14.0. The molecular weight excluding hydrogens is 265 g/mol. The van der Waals surface area contributed by atoms with Gasteiger partial charge in [0.1, 0.15) is 16.1 Å². The van der Waals surface area contributed by atoms with Crippen LogP contribution in [0.1, 0.15) is 31.9 Å². The first-order valence-corrected chi connectivity index (χ1v) is 6.20. The summed E-state index contributed by atoms with van der Waals surface area (Å²) in [6.07, 6.45) is -1.57. The minimum Gasteiger partial charge on any atom is -0.591 e. The van der Waals surface area contributed by atoms with E-state index in [1.54, 1.807) is 20.8 Å². The smallest absolute Gasteiger partial charge is 0.418 e. The average Bonchev–Trinajstić information content (AvgIpc) is 2.23. The maximum atomic E-state index is 12.6.